The molecular weight excluding hydrogens is 212 g/mol. The minimum Gasteiger partial charge on any atom is -0.313 e. The van der Waals surface area contributed by atoms with Crippen molar-refractivity contribution in [3.8, 4) is 0 Å². The first-order valence-corrected chi connectivity index (χ1v) is 7.19. The molecule has 0 rings (SSSR count). The molecule has 5 heteroatoms. The summed E-state index contributed by atoms with van der Waals surface area (Å²) in [5, 5.41) is 3.08. The molecule has 0 spiro atoms. The molecule has 0 heterocycles. The van der Waals surface area contributed by atoms with E-state index in [1.807, 2.05) is 13.8 Å². The van der Waals surface area contributed by atoms with E-state index in [4.69, 9.17) is 0 Å². The number of sulfonamides is 1. The van der Waals surface area contributed by atoms with Crippen LogP contribution < -0.4 is 10.0 Å². The summed E-state index contributed by atoms with van der Waals surface area (Å²) in [6.45, 7) is 9.21. The molecule has 0 aromatic heterocycles. The van der Waals surface area contributed by atoms with Crippen molar-refractivity contribution < 1.29 is 8.42 Å². The van der Waals surface area contributed by atoms with E-state index in [2.05, 4.69) is 23.9 Å². The van der Waals surface area contributed by atoms with Gasteiger partial charge in [-0.25, -0.2) is 13.1 Å². The smallest absolute Gasteiger partial charge is 0.212 e. The summed E-state index contributed by atoms with van der Waals surface area (Å²) in [5.41, 5.74) is 0. The van der Waals surface area contributed by atoms with Gasteiger partial charge in [0.1, 0.15) is 0 Å². The van der Waals surface area contributed by atoms with Crippen LogP contribution in [0.1, 0.15) is 34.1 Å². The standard InChI is InChI=1S/C10H24N2O2S/c1-9(2)5-6-12-15(13,14)8-7-11-10(3)4/h9-12H,5-8H2,1-4H3. The predicted octanol–water partition coefficient (Wildman–Crippen LogP) is 0.950. The van der Waals surface area contributed by atoms with E-state index in [0.717, 1.165) is 6.42 Å². The molecule has 0 radical (unpaired) electrons. The molecule has 92 valence electrons. The molecular formula is C10H24N2O2S. The molecule has 0 atom stereocenters. The van der Waals surface area contributed by atoms with Crippen LogP contribution >= 0.6 is 0 Å². The molecule has 15 heavy (non-hydrogen) atoms. The maximum absolute atomic E-state index is 11.4. The van der Waals surface area contributed by atoms with Crippen molar-refractivity contribution in [2.24, 2.45) is 5.92 Å². The molecule has 4 nitrogen and oxygen atoms in total. The van der Waals surface area contributed by atoms with E-state index in [9.17, 15) is 8.42 Å². The van der Waals surface area contributed by atoms with Gasteiger partial charge >= 0.3 is 0 Å². The minimum absolute atomic E-state index is 0.156. The Bertz CT molecular complexity index is 228. The van der Waals surface area contributed by atoms with E-state index in [1.165, 1.54) is 0 Å². The lowest BCUT2D eigenvalue weighted by Crippen LogP contribution is -2.35. The Hall–Kier alpha value is -0.130. The fraction of sp³-hybridized carbons (Fsp3) is 1.00. The van der Waals surface area contributed by atoms with Crippen LogP contribution in [0, 0.1) is 5.92 Å². The summed E-state index contributed by atoms with van der Waals surface area (Å²) in [6, 6.07) is 0.330. The highest BCUT2D eigenvalue weighted by atomic mass is 32.2. The monoisotopic (exact) mass is 236 g/mol. The lowest BCUT2D eigenvalue weighted by molar-refractivity contribution is 0.545. The molecule has 0 aromatic carbocycles. The van der Waals surface area contributed by atoms with Gasteiger partial charge in [0, 0.05) is 19.1 Å². The van der Waals surface area contributed by atoms with Gasteiger partial charge in [-0.2, -0.15) is 0 Å². The van der Waals surface area contributed by atoms with Crippen LogP contribution in [0.5, 0.6) is 0 Å². The Balaban J connectivity index is 3.68. The van der Waals surface area contributed by atoms with Crippen molar-refractivity contribution in [3.05, 3.63) is 0 Å². The second kappa shape index (κ2) is 7.19. The Kier molecular flexibility index (Phi) is 7.13. The van der Waals surface area contributed by atoms with Gasteiger partial charge in [0.25, 0.3) is 0 Å². The lowest BCUT2D eigenvalue weighted by Gasteiger charge is -2.10. The molecule has 0 aliphatic carbocycles. The van der Waals surface area contributed by atoms with E-state index < -0.39 is 10.0 Å². The second-order valence-corrected chi connectivity index (χ2v) is 6.43. The number of hydrogen-bond acceptors (Lipinski definition) is 3. The first-order chi connectivity index (χ1) is 6.83. The van der Waals surface area contributed by atoms with Crippen molar-refractivity contribution in [3.63, 3.8) is 0 Å². The largest absolute Gasteiger partial charge is 0.313 e. The van der Waals surface area contributed by atoms with Crippen molar-refractivity contribution in [2.75, 3.05) is 18.8 Å². The Morgan fingerprint density at radius 2 is 1.67 bits per heavy atom. The molecule has 0 fully saturated rings. The molecule has 0 saturated carbocycles. The normalized spacial score (nSPS) is 12.7. The Morgan fingerprint density at radius 1 is 1.07 bits per heavy atom. The summed E-state index contributed by atoms with van der Waals surface area (Å²) >= 11 is 0. The average molecular weight is 236 g/mol. The highest BCUT2D eigenvalue weighted by Crippen LogP contribution is 1.97. The molecule has 0 aliphatic rings. The number of nitrogens with one attached hydrogen (secondary N) is 2. The van der Waals surface area contributed by atoms with E-state index in [0.29, 0.717) is 25.0 Å². The minimum atomic E-state index is -3.09. The van der Waals surface area contributed by atoms with Gasteiger partial charge in [-0.15, -0.1) is 0 Å². The van der Waals surface area contributed by atoms with E-state index >= 15 is 0 Å². The number of rotatable bonds is 8. The third-order valence-electron chi connectivity index (χ3n) is 1.97. The zero-order valence-corrected chi connectivity index (χ0v) is 11.0. The lowest BCUT2D eigenvalue weighted by atomic mass is 10.1. The van der Waals surface area contributed by atoms with Crippen molar-refractivity contribution in [1.29, 1.82) is 0 Å². The SMILES string of the molecule is CC(C)CCNS(=O)(=O)CCNC(C)C. The first kappa shape index (κ1) is 14.9. The van der Waals surface area contributed by atoms with Crippen LogP contribution in [-0.4, -0.2) is 33.3 Å². The van der Waals surface area contributed by atoms with E-state index in [1.54, 1.807) is 0 Å². The Labute approximate surface area is 93.9 Å². The maximum atomic E-state index is 11.4. The molecule has 0 bridgehead atoms. The molecule has 0 unspecified atom stereocenters. The van der Waals surface area contributed by atoms with Gasteiger partial charge in [0.05, 0.1) is 5.75 Å². The first-order valence-electron chi connectivity index (χ1n) is 5.54. The van der Waals surface area contributed by atoms with Gasteiger partial charge in [-0.1, -0.05) is 27.7 Å². The fourth-order valence-corrected chi connectivity index (χ4v) is 2.02. The molecule has 0 saturated heterocycles. The predicted molar refractivity (Wildman–Crippen MR) is 64.4 cm³/mol. The third-order valence-corrected chi connectivity index (χ3v) is 3.35. The summed E-state index contributed by atoms with van der Waals surface area (Å²) < 4.78 is 25.5. The maximum Gasteiger partial charge on any atom is 0.212 e. The van der Waals surface area contributed by atoms with E-state index in [-0.39, 0.29) is 5.75 Å². The van der Waals surface area contributed by atoms with Crippen LogP contribution in [0.25, 0.3) is 0 Å². The Morgan fingerprint density at radius 3 is 2.13 bits per heavy atom. The van der Waals surface area contributed by atoms with Crippen LogP contribution in [0.3, 0.4) is 0 Å². The van der Waals surface area contributed by atoms with Crippen LogP contribution in [-0.2, 0) is 10.0 Å². The summed E-state index contributed by atoms with van der Waals surface area (Å²) in [6.07, 6.45) is 0.886. The third kappa shape index (κ3) is 10.2. The summed E-state index contributed by atoms with van der Waals surface area (Å²) in [4.78, 5) is 0. The summed E-state index contributed by atoms with van der Waals surface area (Å²) in [7, 11) is -3.09. The highest BCUT2D eigenvalue weighted by Gasteiger charge is 2.09. The van der Waals surface area contributed by atoms with Crippen molar-refractivity contribution in [2.45, 2.75) is 40.2 Å². The molecule has 0 amide bonds. The summed E-state index contributed by atoms with van der Waals surface area (Å²) in [5.74, 6) is 0.685. The van der Waals surface area contributed by atoms with Gasteiger partial charge in [0.15, 0.2) is 0 Å². The van der Waals surface area contributed by atoms with Gasteiger partial charge in [-0.05, 0) is 12.3 Å². The van der Waals surface area contributed by atoms with Gasteiger partial charge in [-0.3, -0.25) is 0 Å². The van der Waals surface area contributed by atoms with Crippen molar-refractivity contribution >= 4 is 10.0 Å². The zero-order valence-electron chi connectivity index (χ0n) is 10.2. The molecule has 0 aromatic rings. The highest BCUT2D eigenvalue weighted by molar-refractivity contribution is 7.89. The van der Waals surface area contributed by atoms with Crippen LogP contribution in [0.15, 0.2) is 0 Å². The van der Waals surface area contributed by atoms with Crippen molar-refractivity contribution in [1.82, 2.24) is 10.0 Å². The second-order valence-electron chi connectivity index (χ2n) is 4.50. The van der Waals surface area contributed by atoms with Crippen LogP contribution in [0.2, 0.25) is 0 Å². The zero-order chi connectivity index (χ0) is 11.9. The number of hydrogen-bond donors (Lipinski definition) is 2. The van der Waals surface area contributed by atoms with Crippen LogP contribution in [0.4, 0.5) is 0 Å². The van der Waals surface area contributed by atoms with Gasteiger partial charge in [0.2, 0.25) is 10.0 Å². The molecule has 2 N–H and O–H groups in total. The fourth-order valence-electron chi connectivity index (χ4n) is 1.06. The molecule has 0 aliphatic heterocycles. The average Bonchev–Trinajstić information content (AvgIpc) is 2.01. The quantitative estimate of drug-likeness (QED) is 0.660. The van der Waals surface area contributed by atoms with Gasteiger partial charge < -0.3 is 5.32 Å². The topological polar surface area (TPSA) is 58.2 Å².